The van der Waals surface area contributed by atoms with Gasteiger partial charge in [0.15, 0.2) is 5.82 Å². The molecule has 0 bridgehead atoms. The molecule has 3 aromatic heterocycles. The zero-order valence-corrected chi connectivity index (χ0v) is 19.3. The van der Waals surface area contributed by atoms with Gasteiger partial charge in [0.1, 0.15) is 0 Å². The normalized spacial score (nSPS) is 15.5. The van der Waals surface area contributed by atoms with Crippen LogP contribution in [-0.4, -0.2) is 54.7 Å². The SMILES string of the molecule is Cc1nn(C(=O)CCC(=O)N2CCC(C)(c3noc(-c4ccncc4)n3)CC2)c2ccccc12. The van der Waals surface area contributed by atoms with E-state index < -0.39 is 0 Å². The van der Waals surface area contributed by atoms with Crippen molar-refractivity contribution in [2.75, 3.05) is 13.1 Å². The lowest BCUT2D eigenvalue weighted by Gasteiger charge is -2.37. The molecule has 4 heterocycles. The Morgan fingerprint density at radius 3 is 2.50 bits per heavy atom. The number of hydrogen-bond donors (Lipinski definition) is 0. The lowest BCUT2D eigenvalue weighted by Crippen LogP contribution is -2.44. The van der Waals surface area contributed by atoms with Crippen molar-refractivity contribution in [2.24, 2.45) is 0 Å². The second-order valence-electron chi connectivity index (χ2n) is 9.01. The summed E-state index contributed by atoms with van der Waals surface area (Å²) in [4.78, 5) is 36.0. The molecule has 0 unspecified atom stereocenters. The Kier molecular flexibility index (Phi) is 5.69. The van der Waals surface area contributed by atoms with Gasteiger partial charge in [-0.25, -0.2) is 0 Å². The first-order valence-corrected chi connectivity index (χ1v) is 11.4. The number of likely N-dealkylation sites (tertiary alicyclic amines) is 1. The van der Waals surface area contributed by atoms with Gasteiger partial charge in [-0.05, 0) is 38.0 Å². The highest BCUT2D eigenvalue weighted by Gasteiger charge is 2.37. The van der Waals surface area contributed by atoms with Crippen LogP contribution in [-0.2, 0) is 10.2 Å². The molecule has 5 rings (SSSR count). The molecule has 0 radical (unpaired) electrons. The molecule has 0 saturated carbocycles. The van der Waals surface area contributed by atoms with Crippen molar-refractivity contribution >= 4 is 22.7 Å². The molecule has 1 aromatic carbocycles. The van der Waals surface area contributed by atoms with Gasteiger partial charge in [-0.2, -0.15) is 14.8 Å². The van der Waals surface area contributed by atoms with Crippen LogP contribution in [0.3, 0.4) is 0 Å². The fourth-order valence-corrected chi connectivity index (χ4v) is 4.44. The molecule has 34 heavy (non-hydrogen) atoms. The number of benzene rings is 1. The summed E-state index contributed by atoms with van der Waals surface area (Å²) in [5.74, 6) is 0.934. The number of carbonyl (C=O) groups is 2. The Labute approximate surface area is 196 Å². The molecule has 1 fully saturated rings. The smallest absolute Gasteiger partial charge is 0.258 e. The van der Waals surface area contributed by atoms with Crippen molar-refractivity contribution in [2.45, 2.75) is 44.9 Å². The van der Waals surface area contributed by atoms with Gasteiger partial charge >= 0.3 is 0 Å². The first kappa shape index (κ1) is 21.9. The van der Waals surface area contributed by atoms with Gasteiger partial charge in [-0.1, -0.05) is 30.3 Å². The summed E-state index contributed by atoms with van der Waals surface area (Å²) in [5.41, 5.74) is 2.14. The Morgan fingerprint density at radius 2 is 1.74 bits per heavy atom. The summed E-state index contributed by atoms with van der Waals surface area (Å²) in [6.45, 7) is 5.16. The number of pyridine rings is 1. The van der Waals surface area contributed by atoms with Crippen LogP contribution < -0.4 is 0 Å². The monoisotopic (exact) mass is 458 g/mol. The summed E-state index contributed by atoms with van der Waals surface area (Å²) in [5, 5.41) is 9.54. The van der Waals surface area contributed by atoms with Crippen LogP contribution in [0.5, 0.6) is 0 Å². The van der Waals surface area contributed by atoms with Crippen LogP contribution in [0, 0.1) is 6.92 Å². The van der Waals surface area contributed by atoms with E-state index in [1.54, 1.807) is 12.4 Å². The number of fused-ring (bicyclic) bond motifs is 1. The quantitative estimate of drug-likeness (QED) is 0.448. The predicted molar refractivity (Wildman–Crippen MR) is 125 cm³/mol. The average molecular weight is 459 g/mol. The van der Waals surface area contributed by atoms with E-state index in [2.05, 4.69) is 27.1 Å². The molecule has 1 aliphatic heterocycles. The molecule has 0 N–H and O–H groups in total. The predicted octanol–water partition coefficient (Wildman–Crippen LogP) is 3.79. The Balaban J connectivity index is 1.18. The van der Waals surface area contributed by atoms with E-state index in [0.29, 0.717) is 24.8 Å². The number of rotatable bonds is 5. The molecule has 174 valence electrons. The highest BCUT2D eigenvalue weighted by atomic mass is 16.5. The zero-order chi connectivity index (χ0) is 23.7. The second kappa shape index (κ2) is 8.81. The van der Waals surface area contributed by atoms with E-state index in [1.807, 2.05) is 48.2 Å². The van der Waals surface area contributed by atoms with Crippen LogP contribution in [0.1, 0.15) is 48.9 Å². The highest BCUT2D eigenvalue weighted by Crippen LogP contribution is 2.34. The minimum absolute atomic E-state index is 0.0193. The maximum absolute atomic E-state index is 12.8. The lowest BCUT2D eigenvalue weighted by molar-refractivity contribution is -0.132. The van der Waals surface area contributed by atoms with Gasteiger partial charge < -0.3 is 9.42 Å². The number of hydrogen-bond acceptors (Lipinski definition) is 7. The number of piperidine rings is 1. The van der Waals surface area contributed by atoms with Gasteiger partial charge in [-0.3, -0.25) is 14.6 Å². The fourth-order valence-electron chi connectivity index (χ4n) is 4.44. The number of aryl methyl sites for hydroxylation is 1. The zero-order valence-electron chi connectivity index (χ0n) is 19.3. The maximum Gasteiger partial charge on any atom is 0.258 e. The molecule has 9 nitrogen and oxygen atoms in total. The van der Waals surface area contributed by atoms with Crippen LogP contribution in [0.25, 0.3) is 22.4 Å². The fraction of sp³-hybridized carbons (Fsp3) is 0.360. The van der Waals surface area contributed by atoms with Gasteiger partial charge in [0, 0.05) is 54.7 Å². The number of para-hydroxylation sites is 1. The average Bonchev–Trinajstić information content (AvgIpc) is 3.50. The summed E-state index contributed by atoms with van der Waals surface area (Å²) in [6, 6.07) is 11.3. The molecule has 1 amide bonds. The molecule has 0 aliphatic carbocycles. The van der Waals surface area contributed by atoms with Crippen molar-refractivity contribution in [3.05, 3.63) is 60.3 Å². The van der Waals surface area contributed by atoms with E-state index in [1.165, 1.54) is 4.68 Å². The van der Waals surface area contributed by atoms with Gasteiger partial charge in [-0.15, -0.1) is 0 Å². The van der Waals surface area contributed by atoms with Gasteiger partial charge in [0.25, 0.3) is 5.89 Å². The van der Waals surface area contributed by atoms with Crippen molar-refractivity contribution < 1.29 is 14.1 Å². The van der Waals surface area contributed by atoms with Crippen molar-refractivity contribution in [3.8, 4) is 11.5 Å². The highest BCUT2D eigenvalue weighted by molar-refractivity contribution is 5.93. The van der Waals surface area contributed by atoms with Crippen LogP contribution in [0.4, 0.5) is 0 Å². The summed E-state index contributed by atoms with van der Waals surface area (Å²) in [7, 11) is 0. The number of nitrogens with zero attached hydrogens (tertiary/aromatic N) is 6. The molecule has 1 aliphatic rings. The van der Waals surface area contributed by atoms with E-state index >= 15 is 0 Å². The van der Waals surface area contributed by atoms with Gasteiger partial charge in [0.05, 0.1) is 11.2 Å². The number of aromatic nitrogens is 5. The van der Waals surface area contributed by atoms with Crippen molar-refractivity contribution in [1.29, 1.82) is 0 Å². The first-order chi connectivity index (χ1) is 16.4. The second-order valence-corrected chi connectivity index (χ2v) is 9.01. The Hall–Kier alpha value is -3.88. The Bertz CT molecular complexity index is 1340. The number of carbonyl (C=O) groups excluding carboxylic acids is 2. The third-order valence-corrected chi connectivity index (χ3v) is 6.67. The third kappa shape index (κ3) is 4.09. The lowest BCUT2D eigenvalue weighted by atomic mass is 9.79. The molecular weight excluding hydrogens is 432 g/mol. The molecule has 0 atom stereocenters. The summed E-state index contributed by atoms with van der Waals surface area (Å²) < 4.78 is 6.89. The van der Waals surface area contributed by atoms with Crippen LogP contribution in [0.15, 0.2) is 53.3 Å². The van der Waals surface area contributed by atoms with E-state index in [-0.39, 0.29) is 30.1 Å². The minimum Gasteiger partial charge on any atom is -0.343 e. The third-order valence-electron chi connectivity index (χ3n) is 6.67. The van der Waals surface area contributed by atoms with E-state index in [4.69, 9.17) is 4.52 Å². The first-order valence-electron chi connectivity index (χ1n) is 11.4. The maximum atomic E-state index is 12.8. The van der Waals surface area contributed by atoms with Crippen molar-refractivity contribution in [1.82, 2.24) is 29.8 Å². The molecule has 0 spiro atoms. The number of amides is 1. The molecular formula is C25H26N6O3. The Morgan fingerprint density at radius 1 is 1.03 bits per heavy atom. The minimum atomic E-state index is -0.271. The standard InChI is InChI=1S/C25H26N6O3/c1-17-19-5-3-4-6-20(19)31(28-17)22(33)8-7-21(32)30-15-11-25(2,12-16-30)24-27-23(34-29-24)18-9-13-26-14-10-18/h3-6,9-10,13-14H,7-8,11-12,15-16H2,1-2H3. The van der Waals surface area contributed by atoms with Crippen LogP contribution >= 0.6 is 0 Å². The molecule has 4 aromatic rings. The molecule has 1 saturated heterocycles. The van der Waals surface area contributed by atoms with Crippen molar-refractivity contribution in [3.63, 3.8) is 0 Å². The largest absolute Gasteiger partial charge is 0.343 e. The van der Waals surface area contributed by atoms with Gasteiger partial charge in [0.2, 0.25) is 11.8 Å². The van der Waals surface area contributed by atoms with E-state index in [0.717, 1.165) is 35.0 Å². The summed E-state index contributed by atoms with van der Waals surface area (Å²) in [6.07, 6.45) is 5.11. The summed E-state index contributed by atoms with van der Waals surface area (Å²) >= 11 is 0. The van der Waals surface area contributed by atoms with Crippen LogP contribution in [0.2, 0.25) is 0 Å². The van der Waals surface area contributed by atoms with E-state index in [9.17, 15) is 9.59 Å². The topological polar surface area (TPSA) is 107 Å². The molecule has 9 heteroatoms.